The van der Waals surface area contributed by atoms with E-state index in [0.717, 1.165) is 25.7 Å². The zero-order valence-corrected chi connectivity index (χ0v) is 9.98. The second kappa shape index (κ2) is 4.24. The molecule has 1 unspecified atom stereocenters. The minimum Gasteiger partial charge on any atom is -0.469 e. The van der Waals surface area contributed by atoms with E-state index >= 15 is 0 Å². The topological polar surface area (TPSA) is 43.4 Å². The number of hydrogen-bond acceptors (Lipinski definition) is 3. The summed E-state index contributed by atoms with van der Waals surface area (Å²) in [6.07, 6.45) is 5.99. The minimum atomic E-state index is -0.711. The Hall–Kier alpha value is -0.380. The van der Waals surface area contributed by atoms with Gasteiger partial charge >= 0.3 is 5.97 Å². The molecule has 1 atom stereocenters. The molecule has 0 heterocycles. The lowest BCUT2D eigenvalue weighted by Crippen LogP contribution is -2.29. The average molecular weight is 230 g/mol. The highest BCUT2D eigenvalue weighted by molar-refractivity contribution is 7.85. The van der Waals surface area contributed by atoms with Gasteiger partial charge in [-0.1, -0.05) is 6.42 Å². The molecule has 0 spiro atoms. The molecule has 15 heavy (non-hydrogen) atoms. The maximum absolute atomic E-state index is 11.9. The summed E-state index contributed by atoms with van der Waals surface area (Å²) >= 11 is 0. The highest BCUT2D eigenvalue weighted by Crippen LogP contribution is 2.50. The van der Waals surface area contributed by atoms with E-state index < -0.39 is 10.8 Å². The number of carbonyl (C=O) groups is 1. The first-order chi connectivity index (χ1) is 7.15. The van der Waals surface area contributed by atoms with Crippen LogP contribution in [0.1, 0.15) is 38.5 Å². The zero-order valence-electron chi connectivity index (χ0n) is 9.16. The molecule has 0 amide bonds. The number of hydrogen-bond donors (Lipinski definition) is 0. The summed E-state index contributed by atoms with van der Waals surface area (Å²) in [5, 5.41) is 0.417. The Morgan fingerprint density at radius 1 is 1.47 bits per heavy atom. The first-order valence-corrected chi connectivity index (χ1v) is 6.97. The zero-order chi connectivity index (χ0) is 10.9. The Labute approximate surface area is 93.0 Å². The van der Waals surface area contributed by atoms with Crippen LogP contribution in [0.25, 0.3) is 0 Å². The number of esters is 1. The van der Waals surface area contributed by atoms with E-state index in [0.29, 0.717) is 17.4 Å². The van der Waals surface area contributed by atoms with Crippen molar-refractivity contribution in [2.45, 2.75) is 43.8 Å². The lowest BCUT2D eigenvalue weighted by Gasteiger charge is -2.26. The maximum atomic E-state index is 11.9. The van der Waals surface area contributed by atoms with Gasteiger partial charge in [-0.15, -0.1) is 0 Å². The Balaban J connectivity index is 1.82. The Morgan fingerprint density at radius 2 is 2.13 bits per heavy atom. The third-order valence-electron chi connectivity index (χ3n) is 3.58. The molecule has 2 fully saturated rings. The summed E-state index contributed by atoms with van der Waals surface area (Å²) in [7, 11) is 0.707. The van der Waals surface area contributed by atoms with Crippen molar-refractivity contribution in [3.8, 4) is 0 Å². The van der Waals surface area contributed by atoms with Crippen LogP contribution in [0.3, 0.4) is 0 Å². The lowest BCUT2D eigenvalue weighted by molar-refractivity contribution is -0.141. The molecule has 2 rings (SSSR count). The molecule has 0 bridgehead atoms. The van der Waals surface area contributed by atoms with Crippen LogP contribution in [-0.4, -0.2) is 28.3 Å². The molecule has 2 saturated carbocycles. The normalized spacial score (nSPS) is 25.4. The van der Waals surface area contributed by atoms with Crippen LogP contribution in [0.4, 0.5) is 0 Å². The van der Waals surface area contributed by atoms with Gasteiger partial charge in [-0.25, -0.2) is 0 Å². The van der Waals surface area contributed by atoms with Gasteiger partial charge < -0.3 is 4.74 Å². The summed E-state index contributed by atoms with van der Waals surface area (Å²) in [5.41, 5.74) is 0.0353. The van der Waals surface area contributed by atoms with E-state index in [1.54, 1.807) is 0 Å². The molecule has 4 heteroatoms. The van der Waals surface area contributed by atoms with Gasteiger partial charge in [0.15, 0.2) is 0 Å². The molecule has 0 aromatic heterocycles. The molecule has 3 nitrogen and oxygen atoms in total. The van der Waals surface area contributed by atoms with Crippen LogP contribution >= 0.6 is 0 Å². The molecule has 0 aromatic rings. The first kappa shape index (κ1) is 11.1. The molecular formula is C11H18O3S. The number of carbonyl (C=O) groups excluding carboxylic acids is 1. The summed E-state index contributed by atoms with van der Waals surface area (Å²) in [5.74, 6) is 0.561. The van der Waals surface area contributed by atoms with Gasteiger partial charge in [-0.2, -0.15) is 0 Å². The van der Waals surface area contributed by atoms with Crippen molar-refractivity contribution in [1.82, 2.24) is 0 Å². The van der Waals surface area contributed by atoms with Crippen molar-refractivity contribution in [2.75, 3.05) is 12.9 Å². The second-order valence-corrected chi connectivity index (χ2v) is 6.55. The summed E-state index contributed by atoms with van der Waals surface area (Å²) < 4.78 is 16.6. The van der Waals surface area contributed by atoms with Gasteiger partial charge in [-0.3, -0.25) is 9.00 Å². The standard InChI is InChI=1S/C11H18O3S/c1-14-10(12)7-11(5-6-11)8-15(13)9-3-2-4-9/h9H,2-8H2,1H3. The molecule has 2 aliphatic rings. The molecule has 2 aliphatic carbocycles. The predicted octanol–water partition coefficient (Wildman–Crippen LogP) is 1.63. The minimum absolute atomic E-state index is 0.0353. The van der Waals surface area contributed by atoms with E-state index in [1.165, 1.54) is 13.5 Å². The van der Waals surface area contributed by atoms with Crippen LogP contribution in [0.15, 0.2) is 0 Å². The predicted molar refractivity (Wildman–Crippen MR) is 58.9 cm³/mol. The first-order valence-electron chi connectivity index (χ1n) is 5.59. The van der Waals surface area contributed by atoms with E-state index in [-0.39, 0.29) is 11.4 Å². The third kappa shape index (κ3) is 2.60. The SMILES string of the molecule is COC(=O)CC1(CS(=O)C2CCC2)CC1. The van der Waals surface area contributed by atoms with Crippen LogP contribution < -0.4 is 0 Å². The van der Waals surface area contributed by atoms with E-state index in [4.69, 9.17) is 0 Å². The van der Waals surface area contributed by atoms with Crippen LogP contribution in [-0.2, 0) is 20.3 Å². The molecular weight excluding hydrogens is 212 g/mol. The maximum Gasteiger partial charge on any atom is 0.306 e. The molecule has 0 saturated heterocycles. The van der Waals surface area contributed by atoms with Crippen LogP contribution in [0.2, 0.25) is 0 Å². The van der Waals surface area contributed by atoms with E-state index in [2.05, 4.69) is 4.74 Å². The fraction of sp³-hybridized carbons (Fsp3) is 0.909. The van der Waals surface area contributed by atoms with Gasteiger partial charge in [0.05, 0.1) is 13.5 Å². The van der Waals surface area contributed by atoms with Crippen molar-refractivity contribution in [3.63, 3.8) is 0 Å². The van der Waals surface area contributed by atoms with Crippen molar-refractivity contribution in [2.24, 2.45) is 5.41 Å². The van der Waals surface area contributed by atoms with Crippen molar-refractivity contribution in [3.05, 3.63) is 0 Å². The number of ether oxygens (including phenoxy) is 1. The van der Waals surface area contributed by atoms with Gasteiger partial charge in [0, 0.05) is 21.8 Å². The van der Waals surface area contributed by atoms with Gasteiger partial charge in [-0.05, 0) is 31.1 Å². The Bertz CT molecular complexity index is 280. The summed E-state index contributed by atoms with van der Waals surface area (Å²) in [6, 6.07) is 0. The van der Waals surface area contributed by atoms with E-state index in [9.17, 15) is 9.00 Å². The van der Waals surface area contributed by atoms with Crippen molar-refractivity contribution >= 4 is 16.8 Å². The van der Waals surface area contributed by atoms with Crippen LogP contribution in [0, 0.1) is 5.41 Å². The van der Waals surface area contributed by atoms with Crippen LogP contribution in [0.5, 0.6) is 0 Å². The fourth-order valence-corrected chi connectivity index (χ4v) is 4.07. The highest BCUT2D eigenvalue weighted by atomic mass is 32.2. The Kier molecular flexibility index (Phi) is 3.14. The largest absolute Gasteiger partial charge is 0.469 e. The van der Waals surface area contributed by atoms with Crippen molar-refractivity contribution < 1.29 is 13.7 Å². The van der Waals surface area contributed by atoms with Gasteiger partial charge in [0.25, 0.3) is 0 Å². The van der Waals surface area contributed by atoms with Gasteiger partial charge in [0.1, 0.15) is 0 Å². The third-order valence-corrected chi connectivity index (χ3v) is 5.69. The molecule has 0 aromatic carbocycles. The average Bonchev–Trinajstić information content (AvgIpc) is 2.81. The molecule has 86 valence electrons. The smallest absolute Gasteiger partial charge is 0.306 e. The monoisotopic (exact) mass is 230 g/mol. The summed E-state index contributed by atoms with van der Waals surface area (Å²) in [6.45, 7) is 0. The lowest BCUT2D eigenvalue weighted by atomic mass is 10.00. The van der Waals surface area contributed by atoms with Gasteiger partial charge in [0.2, 0.25) is 0 Å². The quantitative estimate of drug-likeness (QED) is 0.674. The summed E-state index contributed by atoms with van der Waals surface area (Å²) in [4.78, 5) is 11.2. The molecule has 0 radical (unpaired) electrons. The number of methoxy groups -OCH3 is 1. The molecule has 0 aliphatic heterocycles. The second-order valence-electron chi connectivity index (χ2n) is 4.83. The Morgan fingerprint density at radius 3 is 2.53 bits per heavy atom. The highest BCUT2D eigenvalue weighted by Gasteiger charge is 2.47. The number of rotatable bonds is 5. The fourth-order valence-electron chi connectivity index (χ4n) is 1.98. The van der Waals surface area contributed by atoms with Crippen molar-refractivity contribution in [1.29, 1.82) is 0 Å². The van der Waals surface area contributed by atoms with E-state index in [1.807, 2.05) is 0 Å². The molecule has 0 N–H and O–H groups in total.